The molecule has 3 aromatic rings. The zero-order valence-electron chi connectivity index (χ0n) is 15.5. The third-order valence-electron chi connectivity index (χ3n) is 4.49. The van der Waals surface area contributed by atoms with Crippen molar-refractivity contribution in [2.75, 3.05) is 5.32 Å². The first-order chi connectivity index (χ1) is 12.6. The summed E-state index contributed by atoms with van der Waals surface area (Å²) >= 11 is 0. The summed E-state index contributed by atoms with van der Waals surface area (Å²) in [5.74, 6) is 0.912. The Hall–Kier alpha value is -2.88. The summed E-state index contributed by atoms with van der Waals surface area (Å²) in [5.41, 5.74) is 5.13. The average Bonchev–Trinajstić information content (AvgIpc) is 3.10. The van der Waals surface area contributed by atoms with Crippen molar-refractivity contribution in [2.45, 2.75) is 40.0 Å². The van der Waals surface area contributed by atoms with Gasteiger partial charge in [-0.3, -0.25) is 4.79 Å². The van der Waals surface area contributed by atoms with E-state index in [4.69, 9.17) is 4.52 Å². The first kappa shape index (κ1) is 17.9. The van der Waals surface area contributed by atoms with Crippen LogP contribution in [0.25, 0.3) is 11.3 Å². The maximum Gasteiger partial charge on any atom is 0.257 e. The summed E-state index contributed by atoms with van der Waals surface area (Å²) in [6.45, 7) is 6.27. The van der Waals surface area contributed by atoms with Crippen molar-refractivity contribution < 1.29 is 9.32 Å². The number of anilines is 1. The molecular formula is C22H24N2O2. The van der Waals surface area contributed by atoms with E-state index in [-0.39, 0.29) is 5.91 Å². The minimum Gasteiger partial charge on any atom is -0.354 e. The van der Waals surface area contributed by atoms with Crippen LogP contribution in [-0.2, 0) is 12.8 Å². The van der Waals surface area contributed by atoms with E-state index >= 15 is 0 Å². The van der Waals surface area contributed by atoms with Gasteiger partial charge in [0.25, 0.3) is 5.91 Å². The lowest BCUT2D eigenvalue weighted by molar-refractivity contribution is 0.102. The Morgan fingerprint density at radius 3 is 2.65 bits per heavy atom. The Morgan fingerprint density at radius 2 is 1.92 bits per heavy atom. The van der Waals surface area contributed by atoms with Crippen molar-refractivity contribution in [3.05, 3.63) is 70.8 Å². The zero-order valence-corrected chi connectivity index (χ0v) is 15.5. The fourth-order valence-electron chi connectivity index (χ4n) is 3.14. The van der Waals surface area contributed by atoms with Crippen LogP contribution < -0.4 is 5.32 Å². The van der Waals surface area contributed by atoms with Gasteiger partial charge in [0, 0.05) is 17.2 Å². The normalized spacial score (nSPS) is 10.7. The summed E-state index contributed by atoms with van der Waals surface area (Å²) < 4.78 is 5.46. The molecule has 3 rings (SSSR count). The predicted octanol–water partition coefficient (Wildman–Crippen LogP) is 5.42. The number of hydrogen-bond donors (Lipinski definition) is 1. The van der Waals surface area contributed by atoms with Gasteiger partial charge in [-0.1, -0.05) is 61.8 Å². The fourth-order valence-corrected chi connectivity index (χ4v) is 3.14. The number of aryl methyl sites for hydroxylation is 3. The predicted molar refractivity (Wildman–Crippen MR) is 104 cm³/mol. The SMILES string of the molecule is CCCc1ccc(-c2cc(NC(=O)c3ccccc3CC)no2)c(C)c1. The lowest BCUT2D eigenvalue weighted by atomic mass is 10.0. The molecule has 1 amide bonds. The lowest BCUT2D eigenvalue weighted by Gasteiger charge is -2.06. The summed E-state index contributed by atoms with van der Waals surface area (Å²) in [7, 11) is 0. The van der Waals surface area contributed by atoms with Crippen LogP contribution in [0.15, 0.2) is 53.1 Å². The lowest BCUT2D eigenvalue weighted by Crippen LogP contribution is -2.14. The number of amides is 1. The highest BCUT2D eigenvalue weighted by atomic mass is 16.5. The maximum absolute atomic E-state index is 12.5. The Labute approximate surface area is 154 Å². The monoisotopic (exact) mass is 348 g/mol. The molecule has 0 unspecified atom stereocenters. The topological polar surface area (TPSA) is 55.1 Å². The molecular weight excluding hydrogens is 324 g/mol. The van der Waals surface area contributed by atoms with E-state index in [9.17, 15) is 4.79 Å². The highest BCUT2D eigenvalue weighted by Crippen LogP contribution is 2.27. The number of hydrogen-bond acceptors (Lipinski definition) is 3. The van der Waals surface area contributed by atoms with Crippen LogP contribution in [-0.4, -0.2) is 11.1 Å². The zero-order chi connectivity index (χ0) is 18.5. The first-order valence-corrected chi connectivity index (χ1v) is 9.08. The third kappa shape index (κ3) is 3.85. The average molecular weight is 348 g/mol. The van der Waals surface area contributed by atoms with Crippen LogP contribution in [0.4, 0.5) is 5.82 Å². The van der Waals surface area contributed by atoms with Crippen molar-refractivity contribution in [3.8, 4) is 11.3 Å². The molecule has 26 heavy (non-hydrogen) atoms. The maximum atomic E-state index is 12.5. The first-order valence-electron chi connectivity index (χ1n) is 9.08. The molecule has 4 heteroatoms. The molecule has 0 bridgehead atoms. The molecule has 0 aliphatic rings. The largest absolute Gasteiger partial charge is 0.354 e. The molecule has 2 aromatic carbocycles. The molecule has 0 saturated carbocycles. The van der Waals surface area contributed by atoms with Gasteiger partial charge in [0.1, 0.15) is 0 Å². The van der Waals surface area contributed by atoms with Crippen LogP contribution in [0.3, 0.4) is 0 Å². The van der Waals surface area contributed by atoms with Gasteiger partial charge in [-0.05, 0) is 42.5 Å². The Balaban J connectivity index is 1.79. The molecule has 4 nitrogen and oxygen atoms in total. The Kier molecular flexibility index (Phi) is 5.52. The van der Waals surface area contributed by atoms with Crippen LogP contribution in [0.1, 0.15) is 47.3 Å². The van der Waals surface area contributed by atoms with Crippen molar-refractivity contribution in [3.63, 3.8) is 0 Å². The highest BCUT2D eigenvalue weighted by Gasteiger charge is 2.14. The number of aromatic nitrogens is 1. The molecule has 1 aromatic heterocycles. The molecule has 1 heterocycles. The number of nitrogens with zero attached hydrogens (tertiary/aromatic N) is 1. The molecule has 0 saturated heterocycles. The fraction of sp³-hybridized carbons (Fsp3) is 0.273. The smallest absolute Gasteiger partial charge is 0.257 e. The van der Waals surface area contributed by atoms with Gasteiger partial charge in [0.2, 0.25) is 0 Å². The van der Waals surface area contributed by atoms with Gasteiger partial charge in [0.05, 0.1) is 0 Å². The minimum absolute atomic E-state index is 0.169. The summed E-state index contributed by atoms with van der Waals surface area (Å²) in [6.07, 6.45) is 2.99. The number of rotatable bonds is 6. The molecule has 0 aliphatic heterocycles. The van der Waals surface area contributed by atoms with Gasteiger partial charge in [0.15, 0.2) is 11.6 Å². The second-order valence-corrected chi connectivity index (χ2v) is 6.44. The molecule has 0 spiro atoms. The second-order valence-electron chi connectivity index (χ2n) is 6.44. The van der Waals surface area contributed by atoms with Crippen molar-refractivity contribution in [2.24, 2.45) is 0 Å². The molecule has 0 atom stereocenters. The third-order valence-corrected chi connectivity index (χ3v) is 4.49. The van der Waals surface area contributed by atoms with Crippen molar-refractivity contribution in [1.29, 1.82) is 0 Å². The summed E-state index contributed by atoms with van der Waals surface area (Å²) in [4.78, 5) is 12.5. The number of carbonyl (C=O) groups is 1. The van der Waals surface area contributed by atoms with E-state index in [1.807, 2.05) is 31.2 Å². The van der Waals surface area contributed by atoms with Crippen LogP contribution in [0.5, 0.6) is 0 Å². The summed E-state index contributed by atoms with van der Waals surface area (Å²) in [5, 5.41) is 6.84. The van der Waals surface area contributed by atoms with Gasteiger partial charge in [-0.25, -0.2) is 0 Å². The van der Waals surface area contributed by atoms with Crippen molar-refractivity contribution >= 4 is 11.7 Å². The van der Waals surface area contributed by atoms with Crippen molar-refractivity contribution in [1.82, 2.24) is 5.16 Å². The van der Waals surface area contributed by atoms with Gasteiger partial charge in [-0.15, -0.1) is 0 Å². The number of carbonyl (C=O) groups excluding carboxylic acids is 1. The Morgan fingerprint density at radius 1 is 1.12 bits per heavy atom. The minimum atomic E-state index is -0.169. The van der Waals surface area contributed by atoms with Gasteiger partial charge < -0.3 is 9.84 Å². The number of nitrogens with one attached hydrogen (secondary N) is 1. The number of benzene rings is 2. The second kappa shape index (κ2) is 8.00. The molecule has 1 N–H and O–H groups in total. The van der Waals surface area contributed by atoms with Crippen LogP contribution in [0.2, 0.25) is 0 Å². The van der Waals surface area contributed by atoms with E-state index in [1.165, 1.54) is 5.56 Å². The quantitative estimate of drug-likeness (QED) is 0.647. The van der Waals surface area contributed by atoms with Gasteiger partial charge >= 0.3 is 0 Å². The van der Waals surface area contributed by atoms with E-state index < -0.39 is 0 Å². The van der Waals surface area contributed by atoms with E-state index in [0.29, 0.717) is 17.1 Å². The van der Waals surface area contributed by atoms with Gasteiger partial charge in [-0.2, -0.15) is 0 Å². The summed E-state index contributed by atoms with van der Waals surface area (Å²) in [6, 6.07) is 15.7. The molecule has 0 aliphatic carbocycles. The molecule has 0 radical (unpaired) electrons. The highest BCUT2D eigenvalue weighted by molar-refractivity contribution is 6.05. The van der Waals surface area contributed by atoms with E-state index in [2.05, 4.69) is 42.5 Å². The van der Waals surface area contributed by atoms with Crippen LogP contribution in [0, 0.1) is 6.92 Å². The van der Waals surface area contributed by atoms with E-state index in [0.717, 1.165) is 36.0 Å². The Bertz CT molecular complexity index is 912. The van der Waals surface area contributed by atoms with Crippen LogP contribution >= 0.6 is 0 Å². The van der Waals surface area contributed by atoms with E-state index in [1.54, 1.807) is 6.07 Å². The molecule has 134 valence electrons. The standard InChI is InChI=1S/C22H24N2O2/c1-4-8-16-11-12-18(15(3)13-16)20-14-21(24-26-20)23-22(25)19-10-7-6-9-17(19)5-2/h6-7,9-14H,4-5,8H2,1-3H3,(H,23,24,25). The molecule has 0 fully saturated rings.